The molecule has 0 spiro atoms. The minimum absolute atomic E-state index is 1.09. The smallest absolute Gasteiger partial charge is 0.0384 e. The predicted octanol–water partition coefficient (Wildman–Crippen LogP) is 7.92. The van der Waals surface area contributed by atoms with E-state index in [2.05, 4.69) is 108 Å². The van der Waals surface area contributed by atoms with Crippen molar-refractivity contribution in [2.24, 2.45) is 0 Å². The third-order valence-corrected chi connectivity index (χ3v) is 5.25. The van der Waals surface area contributed by atoms with Crippen LogP contribution >= 0.6 is 0 Å². The number of para-hydroxylation sites is 1. The molecule has 0 bridgehead atoms. The van der Waals surface area contributed by atoms with Crippen molar-refractivity contribution in [2.45, 2.75) is 0 Å². The van der Waals surface area contributed by atoms with Crippen molar-refractivity contribution < 1.29 is 0 Å². The molecule has 0 unspecified atom stereocenters. The first-order chi connectivity index (χ1) is 14.3. The van der Waals surface area contributed by atoms with E-state index in [1.807, 2.05) is 18.2 Å². The summed E-state index contributed by atoms with van der Waals surface area (Å²) in [6.07, 6.45) is 0. The number of hydrogen-bond acceptors (Lipinski definition) is 1. The summed E-state index contributed by atoms with van der Waals surface area (Å²) in [7, 11) is 0. The number of nitrogens with one attached hydrogen (secondary N) is 1. The summed E-state index contributed by atoms with van der Waals surface area (Å²) in [4.78, 5) is 0. The molecule has 1 nitrogen and oxygen atoms in total. The Labute approximate surface area is 171 Å². The maximum Gasteiger partial charge on any atom is 0.0384 e. The molecule has 0 aromatic heterocycles. The van der Waals surface area contributed by atoms with Gasteiger partial charge in [0, 0.05) is 11.4 Å². The summed E-state index contributed by atoms with van der Waals surface area (Å²) in [5.41, 5.74) is 7.11. The van der Waals surface area contributed by atoms with Gasteiger partial charge < -0.3 is 5.32 Å². The average molecular weight is 371 g/mol. The summed E-state index contributed by atoms with van der Waals surface area (Å²) >= 11 is 0. The Morgan fingerprint density at radius 1 is 0.345 bits per heavy atom. The quantitative estimate of drug-likeness (QED) is 0.338. The SMILES string of the molecule is c1ccc(Nc2ccc(-c3ccc(-c4ccc5ccccc5c4)cc3)cc2)cc1. The van der Waals surface area contributed by atoms with Gasteiger partial charge in [-0.25, -0.2) is 0 Å². The molecule has 0 amide bonds. The summed E-state index contributed by atoms with van der Waals surface area (Å²) in [5, 5.41) is 5.98. The zero-order chi connectivity index (χ0) is 19.5. The van der Waals surface area contributed by atoms with Crippen molar-refractivity contribution in [2.75, 3.05) is 5.32 Å². The molecule has 0 saturated carbocycles. The highest BCUT2D eigenvalue weighted by Crippen LogP contribution is 2.28. The number of fused-ring (bicyclic) bond motifs is 1. The second kappa shape index (κ2) is 7.65. The van der Waals surface area contributed by atoms with Crippen LogP contribution < -0.4 is 5.32 Å². The standard InChI is InChI=1S/C28H21N/c1-2-8-27(9-3-1)29-28-18-16-23(17-19-28)22-10-12-24(13-11-22)26-15-14-21-6-4-5-7-25(21)20-26/h1-20,29H. The van der Waals surface area contributed by atoms with E-state index >= 15 is 0 Å². The highest BCUT2D eigenvalue weighted by atomic mass is 14.9. The fourth-order valence-electron chi connectivity index (χ4n) is 3.66. The lowest BCUT2D eigenvalue weighted by Crippen LogP contribution is -1.89. The van der Waals surface area contributed by atoms with Gasteiger partial charge >= 0.3 is 0 Å². The van der Waals surface area contributed by atoms with Crippen LogP contribution in [0.3, 0.4) is 0 Å². The van der Waals surface area contributed by atoms with Crippen molar-refractivity contribution in [3.8, 4) is 22.3 Å². The molecule has 0 radical (unpaired) electrons. The summed E-state index contributed by atoms with van der Waals surface area (Å²) in [6.45, 7) is 0. The van der Waals surface area contributed by atoms with Gasteiger partial charge in [0.1, 0.15) is 0 Å². The van der Waals surface area contributed by atoms with Gasteiger partial charge in [-0.3, -0.25) is 0 Å². The lowest BCUT2D eigenvalue weighted by atomic mass is 9.98. The Hall–Kier alpha value is -3.84. The van der Waals surface area contributed by atoms with Gasteiger partial charge in [-0.15, -0.1) is 0 Å². The van der Waals surface area contributed by atoms with E-state index in [1.54, 1.807) is 0 Å². The highest BCUT2D eigenvalue weighted by molar-refractivity contribution is 5.87. The number of rotatable bonds is 4. The van der Waals surface area contributed by atoms with Crippen molar-refractivity contribution in [1.29, 1.82) is 0 Å². The van der Waals surface area contributed by atoms with Crippen molar-refractivity contribution in [3.63, 3.8) is 0 Å². The molecule has 5 aromatic carbocycles. The molecule has 0 saturated heterocycles. The molecule has 1 heteroatoms. The molecule has 0 heterocycles. The second-order valence-corrected chi connectivity index (χ2v) is 7.21. The molecule has 0 atom stereocenters. The Kier molecular flexibility index (Phi) is 4.56. The first-order valence-electron chi connectivity index (χ1n) is 9.87. The van der Waals surface area contributed by atoms with E-state index in [1.165, 1.54) is 33.0 Å². The molecule has 0 aliphatic rings. The molecule has 1 N–H and O–H groups in total. The summed E-state index contributed by atoms with van der Waals surface area (Å²) < 4.78 is 0. The third-order valence-electron chi connectivity index (χ3n) is 5.25. The van der Waals surface area contributed by atoms with Crippen LogP contribution in [0.4, 0.5) is 11.4 Å². The van der Waals surface area contributed by atoms with Gasteiger partial charge in [0.05, 0.1) is 0 Å². The Morgan fingerprint density at radius 3 is 1.52 bits per heavy atom. The van der Waals surface area contributed by atoms with Crippen LogP contribution in [0.1, 0.15) is 0 Å². The molecule has 5 rings (SSSR count). The number of benzene rings is 5. The predicted molar refractivity (Wildman–Crippen MR) is 125 cm³/mol. The first kappa shape index (κ1) is 17.3. The van der Waals surface area contributed by atoms with Gasteiger partial charge in [0.25, 0.3) is 0 Å². The fraction of sp³-hybridized carbons (Fsp3) is 0. The van der Waals surface area contributed by atoms with Gasteiger partial charge in [-0.1, -0.05) is 91.0 Å². The lowest BCUT2D eigenvalue weighted by Gasteiger charge is -2.09. The van der Waals surface area contributed by atoms with E-state index in [0.29, 0.717) is 0 Å². The van der Waals surface area contributed by atoms with Crippen molar-refractivity contribution in [1.82, 2.24) is 0 Å². The van der Waals surface area contributed by atoms with E-state index in [0.717, 1.165) is 11.4 Å². The molecule has 29 heavy (non-hydrogen) atoms. The Bertz CT molecular complexity index is 1240. The molecular weight excluding hydrogens is 350 g/mol. The fourth-order valence-corrected chi connectivity index (χ4v) is 3.66. The van der Waals surface area contributed by atoms with Gasteiger partial charge in [-0.2, -0.15) is 0 Å². The van der Waals surface area contributed by atoms with Crippen LogP contribution in [0.25, 0.3) is 33.0 Å². The molecule has 0 fully saturated rings. The lowest BCUT2D eigenvalue weighted by molar-refractivity contribution is 1.54. The van der Waals surface area contributed by atoms with Crippen LogP contribution in [0.15, 0.2) is 121 Å². The Balaban J connectivity index is 1.36. The highest BCUT2D eigenvalue weighted by Gasteiger charge is 2.02. The van der Waals surface area contributed by atoms with Crippen LogP contribution in [0.2, 0.25) is 0 Å². The molecule has 0 aliphatic heterocycles. The monoisotopic (exact) mass is 371 g/mol. The normalized spacial score (nSPS) is 10.8. The summed E-state index contributed by atoms with van der Waals surface area (Å²) in [5.74, 6) is 0. The van der Waals surface area contributed by atoms with Crippen LogP contribution in [0, 0.1) is 0 Å². The maximum atomic E-state index is 3.43. The largest absolute Gasteiger partial charge is 0.356 e. The molecule has 5 aromatic rings. The van der Waals surface area contributed by atoms with Crippen LogP contribution in [-0.2, 0) is 0 Å². The van der Waals surface area contributed by atoms with E-state index in [9.17, 15) is 0 Å². The van der Waals surface area contributed by atoms with Crippen LogP contribution in [-0.4, -0.2) is 0 Å². The number of hydrogen-bond donors (Lipinski definition) is 1. The minimum atomic E-state index is 1.09. The average Bonchev–Trinajstić information content (AvgIpc) is 2.80. The first-order valence-corrected chi connectivity index (χ1v) is 9.87. The third kappa shape index (κ3) is 3.76. The van der Waals surface area contributed by atoms with Crippen molar-refractivity contribution >= 4 is 22.1 Å². The topological polar surface area (TPSA) is 12.0 Å². The van der Waals surface area contributed by atoms with Gasteiger partial charge in [0.2, 0.25) is 0 Å². The zero-order valence-electron chi connectivity index (χ0n) is 16.0. The number of anilines is 2. The summed E-state index contributed by atoms with van der Waals surface area (Å²) in [6, 6.07) is 42.7. The van der Waals surface area contributed by atoms with E-state index < -0.39 is 0 Å². The van der Waals surface area contributed by atoms with E-state index in [-0.39, 0.29) is 0 Å². The van der Waals surface area contributed by atoms with Gasteiger partial charge in [0.15, 0.2) is 0 Å². The maximum absolute atomic E-state index is 3.43. The molecule has 138 valence electrons. The molecular formula is C28H21N. The van der Waals surface area contributed by atoms with Crippen molar-refractivity contribution in [3.05, 3.63) is 121 Å². The minimum Gasteiger partial charge on any atom is -0.356 e. The Morgan fingerprint density at radius 2 is 0.828 bits per heavy atom. The van der Waals surface area contributed by atoms with E-state index in [4.69, 9.17) is 0 Å². The zero-order valence-corrected chi connectivity index (χ0v) is 16.0. The van der Waals surface area contributed by atoms with Gasteiger partial charge in [-0.05, 0) is 63.4 Å². The molecule has 0 aliphatic carbocycles. The second-order valence-electron chi connectivity index (χ2n) is 7.21. The van der Waals surface area contributed by atoms with Crippen LogP contribution in [0.5, 0.6) is 0 Å².